The number of carbonyl (C=O) groups excluding carboxylic acids is 1. The molecule has 2 fully saturated rings. The maximum absolute atomic E-state index is 13.3. The topological polar surface area (TPSA) is 38.8 Å². The van der Waals surface area contributed by atoms with E-state index in [-0.39, 0.29) is 36.9 Å². The van der Waals surface area contributed by atoms with E-state index in [1.807, 2.05) is 27.7 Å². The van der Waals surface area contributed by atoms with Crippen LogP contribution in [-0.2, 0) is 9.31 Å². The Labute approximate surface area is 157 Å². The second-order valence-electron chi connectivity index (χ2n) is 7.98. The first-order valence-electron chi connectivity index (χ1n) is 8.74. The average Bonchev–Trinajstić information content (AvgIpc) is 2.75. The van der Waals surface area contributed by atoms with Gasteiger partial charge in [-0.3, -0.25) is 4.79 Å². The summed E-state index contributed by atoms with van der Waals surface area (Å²) < 4.78 is 38.5. The molecular formula is C18H23BClF2NO3. The second-order valence-corrected chi connectivity index (χ2v) is 8.38. The lowest BCUT2D eigenvalue weighted by atomic mass is 9.79. The number of benzene rings is 1. The van der Waals surface area contributed by atoms with E-state index < -0.39 is 24.2 Å². The Bertz CT molecular complexity index is 700. The Morgan fingerprint density at radius 1 is 1.12 bits per heavy atom. The maximum Gasteiger partial charge on any atom is 0.494 e. The third-order valence-corrected chi connectivity index (χ3v) is 5.84. The van der Waals surface area contributed by atoms with Crippen molar-refractivity contribution in [2.24, 2.45) is 0 Å². The molecule has 0 saturated carbocycles. The van der Waals surface area contributed by atoms with Crippen LogP contribution in [0.3, 0.4) is 0 Å². The first-order chi connectivity index (χ1) is 11.9. The van der Waals surface area contributed by atoms with E-state index in [1.165, 1.54) is 4.90 Å². The molecule has 2 saturated heterocycles. The van der Waals surface area contributed by atoms with Crippen LogP contribution in [0, 0.1) is 0 Å². The van der Waals surface area contributed by atoms with Gasteiger partial charge in [0.1, 0.15) is 0 Å². The molecule has 2 aliphatic heterocycles. The lowest BCUT2D eigenvalue weighted by Crippen LogP contribution is -2.43. The van der Waals surface area contributed by atoms with E-state index in [2.05, 4.69) is 0 Å². The van der Waals surface area contributed by atoms with Gasteiger partial charge in [-0.15, -0.1) is 0 Å². The first-order valence-corrected chi connectivity index (χ1v) is 9.12. The van der Waals surface area contributed by atoms with Gasteiger partial charge in [-0.2, -0.15) is 0 Å². The predicted molar refractivity (Wildman–Crippen MR) is 97.3 cm³/mol. The molecule has 0 unspecified atom stereocenters. The van der Waals surface area contributed by atoms with Crippen LogP contribution in [0.2, 0.25) is 5.02 Å². The Morgan fingerprint density at radius 2 is 1.65 bits per heavy atom. The van der Waals surface area contributed by atoms with Crippen LogP contribution >= 0.6 is 11.6 Å². The molecule has 0 aromatic heterocycles. The standard InChI is InChI=1S/C18H23BClF2NO3/c1-16(2)17(3,4)26-19(25-16)12-5-6-13(14(20)11-12)15(24)23-9-7-18(21,22)8-10-23/h5-6,11H,7-10H2,1-4H3. The highest BCUT2D eigenvalue weighted by atomic mass is 35.5. The van der Waals surface area contributed by atoms with Crippen LogP contribution in [0.1, 0.15) is 50.9 Å². The number of alkyl halides is 2. The van der Waals surface area contributed by atoms with Gasteiger partial charge in [-0.1, -0.05) is 17.7 Å². The van der Waals surface area contributed by atoms with Gasteiger partial charge in [0.15, 0.2) is 0 Å². The van der Waals surface area contributed by atoms with E-state index in [9.17, 15) is 13.6 Å². The third-order valence-electron chi connectivity index (χ3n) is 5.53. The quantitative estimate of drug-likeness (QED) is 0.731. The molecule has 1 amide bonds. The molecule has 1 aromatic carbocycles. The molecule has 1 aromatic rings. The zero-order valence-electron chi connectivity index (χ0n) is 15.4. The number of nitrogens with zero attached hydrogens (tertiary/aromatic N) is 1. The van der Waals surface area contributed by atoms with Crippen LogP contribution in [0.4, 0.5) is 8.78 Å². The predicted octanol–water partition coefficient (Wildman–Crippen LogP) is 3.51. The highest BCUT2D eigenvalue weighted by Gasteiger charge is 2.51. The second kappa shape index (κ2) is 6.46. The minimum Gasteiger partial charge on any atom is -0.399 e. The van der Waals surface area contributed by atoms with Crippen molar-refractivity contribution in [2.75, 3.05) is 13.1 Å². The largest absolute Gasteiger partial charge is 0.494 e. The summed E-state index contributed by atoms with van der Waals surface area (Å²) in [5.74, 6) is -3.02. The van der Waals surface area contributed by atoms with Gasteiger partial charge in [0.2, 0.25) is 0 Å². The lowest BCUT2D eigenvalue weighted by Gasteiger charge is -2.32. The molecule has 0 radical (unpaired) electrons. The molecule has 0 spiro atoms. The van der Waals surface area contributed by atoms with Crippen LogP contribution in [0.25, 0.3) is 0 Å². The summed E-state index contributed by atoms with van der Waals surface area (Å²) in [5.41, 5.74) is 0.0718. The van der Waals surface area contributed by atoms with Gasteiger partial charge < -0.3 is 14.2 Å². The lowest BCUT2D eigenvalue weighted by molar-refractivity contribution is -0.0494. The molecule has 0 atom stereocenters. The molecule has 2 aliphatic rings. The van der Waals surface area contributed by atoms with Crippen molar-refractivity contribution in [1.82, 2.24) is 4.90 Å². The van der Waals surface area contributed by atoms with Crippen molar-refractivity contribution >= 4 is 30.1 Å². The van der Waals surface area contributed by atoms with Crippen LogP contribution < -0.4 is 5.46 Å². The minimum atomic E-state index is -2.69. The Hall–Kier alpha value is -1.18. The van der Waals surface area contributed by atoms with E-state index >= 15 is 0 Å². The maximum atomic E-state index is 13.3. The SMILES string of the molecule is CC1(C)OB(c2ccc(C(=O)N3CCC(F)(F)CC3)c(Cl)c2)OC1(C)C. The molecule has 0 bridgehead atoms. The van der Waals surface area contributed by atoms with Crippen LogP contribution in [0.15, 0.2) is 18.2 Å². The van der Waals surface area contributed by atoms with Crippen molar-refractivity contribution in [3.63, 3.8) is 0 Å². The van der Waals surface area contributed by atoms with Crippen LogP contribution in [-0.4, -0.2) is 48.1 Å². The average molecular weight is 386 g/mol. The van der Waals surface area contributed by atoms with Crippen molar-refractivity contribution in [1.29, 1.82) is 0 Å². The first kappa shape index (κ1) is 19.6. The molecule has 8 heteroatoms. The number of rotatable bonds is 2. The van der Waals surface area contributed by atoms with Gasteiger partial charge in [0.05, 0.1) is 21.8 Å². The molecule has 26 heavy (non-hydrogen) atoms. The number of hydrogen-bond acceptors (Lipinski definition) is 3. The summed E-state index contributed by atoms with van der Waals surface area (Å²) in [6, 6.07) is 4.99. The smallest absolute Gasteiger partial charge is 0.399 e. The summed E-state index contributed by atoms with van der Waals surface area (Å²) >= 11 is 6.31. The molecule has 142 valence electrons. The van der Waals surface area contributed by atoms with E-state index in [4.69, 9.17) is 20.9 Å². The molecule has 3 rings (SSSR count). The summed E-state index contributed by atoms with van der Waals surface area (Å²) in [6.07, 6.45) is -0.634. The number of carbonyl (C=O) groups is 1. The van der Waals surface area contributed by atoms with Gasteiger partial charge in [0, 0.05) is 25.9 Å². The minimum absolute atomic E-state index is 0.0289. The fraction of sp³-hybridized carbons (Fsp3) is 0.611. The summed E-state index contributed by atoms with van der Waals surface area (Å²) in [5, 5.41) is 0.263. The van der Waals surface area contributed by atoms with Gasteiger partial charge in [0.25, 0.3) is 11.8 Å². The molecular weight excluding hydrogens is 362 g/mol. The zero-order chi connectivity index (χ0) is 19.3. The monoisotopic (exact) mass is 385 g/mol. The number of halogens is 3. The van der Waals surface area contributed by atoms with Crippen molar-refractivity contribution in [3.8, 4) is 0 Å². The zero-order valence-corrected chi connectivity index (χ0v) is 16.2. The van der Waals surface area contributed by atoms with Crippen molar-refractivity contribution in [2.45, 2.75) is 57.7 Å². The van der Waals surface area contributed by atoms with Gasteiger partial charge >= 0.3 is 7.12 Å². The Balaban J connectivity index is 1.75. The summed E-state index contributed by atoms with van der Waals surface area (Å²) in [7, 11) is -0.574. The number of hydrogen-bond donors (Lipinski definition) is 0. The van der Waals surface area contributed by atoms with E-state index in [0.29, 0.717) is 5.56 Å². The summed E-state index contributed by atoms with van der Waals surface area (Å²) in [6.45, 7) is 7.89. The fourth-order valence-electron chi connectivity index (χ4n) is 3.04. The molecule has 0 aliphatic carbocycles. The van der Waals surface area contributed by atoms with Gasteiger partial charge in [-0.25, -0.2) is 8.78 Å². The highest BCUT2D eigenvalue weighted by molar-refractivity contribution is 6.62. The summed E-state index contributed by atoms with van der Waals surface area (Å²) in [4.78, 5) is 14.0. The fourth-order valence-corrected chi connectivity index (χ4v) is 3.31. The van der Waals surface area contributed by atoms with Gasteiger partial charge in [-0.05, 0) is 45.3 Å². The normalized spacial score (nSPS) is 24.0. The molecule has 4 nitrogen and oxygen atoms in total. The molecule has 0 N–H and O–H groups in total. The molecule has 2 heterocycles. The van der Waals surface area contributed by atoms with E-state index in [0.717, 1.165) is 5.46 Å². The van der Waals surface area contributed by atoms with Crippen molar-refractivity contribution < 1.29 is 22.9 Å². The highest BCUT2D eigenvalue weighted by Crippen LogP contribution is 2.36. The van der Waals surface area contributed by atoms with E-state index in [1.54, 1.807) is 18.2 Å². The number of amides is 1. The van der Waals surface area contributed by atoms with Crippen LogP contribution in [0.5, 0.6) is 0 Å². The number of likely N-dealkylation sites (tertiary alicyclic amines) is 1. The number of piperidine rings is 1. The Kier molecular flexibility index (Phi) is 4.87. The third kappa shape index (κ3) is 3.62. The Morgan fingerprint density at radius 3 is 2.15 bits per heavy atom. The van der Waals surface area contributed by atoms with Crippen molar-refractivity contribution in [3.05, 3.63) is 28.8 Å².